The summed E-state index contributed by atoms with van der Waals surface area (Å²) in [6.07, 6.45) is 0. The first kappa shape index (κ1) is 12.9. The van der Waals surface area contributed by atoms with Crippen molar-refractivity contribution < 1.29 is 4.79 Å². The number of thiophene rings is 1. The van der Waals surface area contributed by atoms with Gasteiger partial charge >= 0.3 is 0 Å². The van der Waals surface area contributed by atoms with Crippen molar-refractivity contribution in [3.05, 3.63) is 50.6 Å². The summed E-state index contributed by atoms with van der Waals surface area (Å²) in [7, 11) is 0. The maximum Gasteiger partial charge on any atom is 0.183 e. The topological polar surface area (TPSA) is 17.1 Å². The smallest absolute Gasteiger partial charge is 0.183 e. The highest BCUT2D eigenvalue weighted by Crippen LogP contribution is 2.28. The molecule has 0 bridgehead atoms. The lowest BCUT2D eigenvalue weighted by atomic mass is 10.2. The third kappa shape index (κ3) is 3.21. The minimum Gasteiger partial charge on any atom is -0.292 e. The van der Waals surface area contributed by atoms with E-state index in [1.165, 1.54) is 11.3 Å². The lowest BCUT2D eigenvalue weighted by molar-refractivity contribution is 0.102. The third-order valence-electron chi connectivity index (χ3n) is 2.31. The van der Waals surface area contributed by atoms with Gasteiger partial charge in [-0.25, -0.2) is 0 Å². The van der Waals surface area contributed by atoms with Gasteiger partial charge < -0.3 is 0 Å². The number of aryl methyl sites for hydroxylation is 1. The molecule has 0 N–H and O–H groups in total. The van der Waals surface area contributed by atoms with Crippen LogP contribution in [-0.2, 0) is 0 Å². The van der Waals surface area contributed by atoms with E-state index in [4.69, 9.17) is 0 Å². The van der Waals surface area contributed by atoms with Gasteiger partial charge in [-0.1, -0.05) is 12.1 Å². The van der Waals surface area contributed by atoms with Gasteiger partial charge in [0.1, 0.15) is 0 Å². The highest BCUT2D eigenvalue weighted by molar-refractivity contribution is 9.10. The van der Waals surface area contributed by atoms with Gasteiger partial charge in [0, 0.05) is 9.37 Å². The fourth-order valence-electron chi connectivity index (χ4n) is 1.43. The molecule has 1 nitrogen and oxygen atoms in total. The monoisotopic (exact) mass is 326 g/mol. The zero-order valence-corrected chi connectivity index (χ0v) is 12.5. The summed E-state index contributed by atoms with van der Waals surface area (Å²) in [4.78, 5) is 14.0. The largest absolute Gasteiger partial charge is 0.292 e. The lowest BCUT2D eigenvalue weighted by Gasteiger charge is -2.03. The van der Waals surface area contributed by atoms with Gasteiger partial charge in [0.05, 0.1) is 10.6 Å². The maximum absolute atomic E-state index is 12.0. The molecule has 1 aromatic carbocycles. The maximum atomic E-state index is 12.0. The molecule has 0 saturated heterocycles. The van der Waals surface area contributed by atoms with Crippen LogP contribution in [0.3, 0.4) is 0 Å². The summed E-state index contributed by atoms with van der Waals surface area (Å²) in [6.45, 7) is 1.98. The van der Waals surface area contributed by atoms with Gasteiger partial charge in [-0.2, -0.15) is 0 Å². The van der Waals surface area contributed by atoms with E-state index < -0.39 is 0 Å². The van der Waals surface area contributed by atoms with Crippen molar-refractivity contribution in [1.82, 2.24) is 0 Å². The van der Waals surface area contributed by atoms with Crippen LogP contribution in [0.5, 0.6) is 0 Å². The molecule has 1 heterocycles. The molecule has 0 fully saturated rings. The SMILES string of the molecule is Cc1ccsc1C(=O)CSc1ccccc1Br. The number of benzene rings is 1. The van der Waals surface area contributed by atoms with Crippen LogP contribution in [0.1, 0.15) is 15.2 Å². The first-order valence-electron chi connectivity index (χ1n) is 5.13. The third-order valence-corrected chi connectivity index (χ3v) is 5.40. The normalized spacial score (nSPS) is 10.5. The van der Waals surface area contributed by atoms with E-state index in [1.54, 1.807) is 11.8 Å². The van der Waals surface area contributed by atoms with Gasteiger partial charge in [-0.15, -0.1) is 23.1 Å². The average molecular weight is 327 g/mol. The zero-order valence-electron chi connectivity index (χ0n) is 9.27. The highest BCUT2D eigenvalue weighted by atomic mass is 79.9. The van der Waals surface area contributed by atoms with E-state index in [1.807, 2.05) is 42.6 Å². The molecule has 0 aliphatic carbocycles. The van der Waals surface area contributed by atoms with Crippen LogP contribution in [0, 0.1) is 6.92 Å². The van der Waals surface area contributed by atoms with Crippen molar-refractivity contribution >= 4 is 44.8 Å². The summed E-state index contributed by atoms with van der Waals surface area (Å²) in [5.74, 6) is 0.697. The van der Waals surface area contributed by atoms with Crippen molar-refractivity contribution in [2.45, 2.75) is 11.8 Å². The highest BCUT2D eigenvalue weighted by Gasteiger charge is 2.11. The summed E-state index contributed by atoms with van der Waals surface area (Å²) in [6, 6.07) is 9.95. The molecule has 1 aromatic heterocycles. The fraction of sp³-hybridized carbons (Fsp3) is 0.154. The van der Waals surface area contributed by atoms with Gasteiger partial charge in [0.2, 0.25) is 0 Å². The van der Waals surface area contributed by atoms with Crippen molar-refractivity contribution in [3.63, 3.8) is 0 Å². The Labute approximate surface area is 117 Å². The minimum absolute atomic E-state index is 0.207. The number of hydrogen-bond donors (Lipinski definition) is 0. The van der Waals surface area contributed by atoms with E-state index in [-0.39, 0.29) is 5.78 Å². The van der Waals surface area contributed by atoms with Crippen LogP contribution in [0.2, 0.25) is 0 Å². The Hall–Kier alpha value is -0.580. The van der Waals surface area contributed by atoms with Crippen molar-refractivity contribution in [1.29, 1.82) is 0 Å². The number of hydrogen-bond acceptors (Lipinski definition) is 3. The van der Waals surface area contributed by atoms with E-state index in [0.29, 0.717) is 5.75 Å². The Morgan fingerprint density at radius 3 is 2.76 bits per heavy atom. The predicted octanol–water partition coefficient (Wildman–Crippen LogP) is 4.79. The van der Waals surface area contributed by atoms with Gasteiger partial charge in [-0.05, 0) is 52.0 Å². The number of halogens is 1. The molecular weight excluding hydrogens is 316 g/mol. The zero-order chi connectivity index (χ0) is 12.3. The standard InChI is InChI=1S/C13H11BrOS2/c1-9-6-7-16-13(9)11(15)8-17-12-5-3-2-4-10(12)14/h2-7H,8H2,1H3. The second-order valence-electron chi connectivity index (χ2n) is 3.58. The van der Waals surface area contributed by atoms with Crippen molar-refractivity contribution in [2.75, 3.05) is 5.75 Å². The average Bonchev–Trinajstić information content (AvgIpc) is 2.74. The van der Waals surface area contributed by atoms with Crippen molar-refractivity contribution in [2.24, 2.45) is 0 Å². The number of Topliss-reactive ketones (excluding diaryl/α,β-unsaturated/α-hetero) is 1. The Morgan fingerprint density at radius 1 is 1.35 bits per heavy atom. The lowest BCUT2D eigenvalue weighted by Crippen LogP contribution is -2.01. The summed E-state index contributed by atoms with van der Waals surface area (Å²) in [5.41, 5.74) is 1.08. The molecule has 0 aliphatic heterocycles. The molecule has 0 radical (unpaired) electrons. The second-order valence-corrected chi connectivity index (χ2v) is 6.36. The van der Waals surface area contributed by atoms with Gasteiger partial charge in [0.25, 0.3) is 0 Å². The van der Waals surface area contributed by atoms with Crippen LogP contribution in [0.4, 0.5) is 0 Å². The number of carbonyl (C=O) groups is 1. The molecule has 0 aliphatic rings. The minimum atomic E-state index is 0.207. The first-order chi connectivity index (χ1) is 8.18. The van der Waals surface area contributed by atoms with Crippen LogP contribution < -0.4 is 0 Å². The second kappa shape index (κ2) is 5.85. The fourth-order valence-corrected chi connectivity index (χ4v) is 3.83. The van der Waals surface area contributed by atoms with Crippen LogP contribution in [0.15, 0.2) is 45.1 Å². The Balaban J connectivity index is 2.02. The molecule has 0 atom stereocenters. The Morgan fingerprint density at radius 2 is 2.12 bits per heavy atom. The van der Waals surface area contributed by atoms with Gasteiger partial charge in [0.15, 0.2) is 5.78 Å². The molecule has 0 amide bonds. The molecule has 4 heteroatoms. The molecule has 17 heavy (non-hydrogen) atoms. The van der Waals surface area contributed by atoms with Gasteiger partial charge in [-0.3, -0.25) is 4.79 Å². The molecular formula is C13H11BrOS2. The molecule has 2 aromatic rings. The van der Waals surface area contributed by atoms with E-state index >= 15 is 0 Å². The number of thioether (sulfide) groups is 1. The first-order valence-corrected chi connectivity index (χ1v) is 7.79. The summed E-state index contributed by atoms with van der Waals surface area (Å²) >= 11 is 6.57. The van der Waals surface area contributed by atoms with E-state index in [9.17, 15) is 4.79 Å². The Kier molecular flexibility index (Phi) is 4.42. The van der Waals surface area contributed by atoms with Crippen LogP contribution >= 0.6 is 39.0 Å². The molecule has 0 spiro atoms. The van der Waals surface area contributed by atoms with E-state index in [2.05, 4.69) is 15.9 Å². The van der Waals surface area contributed by atoms with Crippen LogP contribution in [0.25, 0.3) is 0 Å². The Bertz CT molecular complexity index is 534. The predicted molar refractivity (Wildman–Crippen MR) is 78.3 cm³/mol. The molecule has 88 valence electrons. The van der Waals surface area contributed by atoms with Crippen LogP contribution in [-0.4, -0.2) is 11.5 Å². The van der Waals surface area contributed by atoms with E-state index in [0.717, 1.165) is 19.8 Å². The number of carbonyl (C=O) groups excluding carboxylic acids is 1. The molecule has 2 rings (SSSR count). The summed E-state index contributed by atoms with van der Waals surface area (Å²) < 4.78 is 1.04. The summed E-state index contributed by atoms with van der Waals surface area (Å²) in [5, 5.41) is 1.96. The molecule has 0 saturated carbocycles. The molecule has 0 unspecified atom stereocenters. The number of rotatable bonds is 4. The number of ketones is 1. The van der Waals surface area contributed by atoms with Crippen molar-refractivity contribution in [3.8, 4) is 0 Å². The quantitative estimate of drug-likeness (QED) is 0.593.